The third-order valence-corrected chi connectivity index (χ3v) is 5.04. The number of benzene rings is 2. The van der Waals surface area contributed by atoms with Crippen LogP contribution in [0.4, 0.5) is 11.4 Å². The lowest BCUT2D eigenvalue weighted by molar-refractivity contribution is -0.384. The Hall–Kier alpha value is -3.40. The van der Waals surface area contributed by atoms with E-state index in [4.69, 9.17) is 9.15 Å². The first kappa shape index (κ1) is 21.3. The van der Waals surface area contributed by atoms with E-state index >= 15 is 0 Å². The molecule has 0 aliphatic rings. The molecule has 9 nitrogen and oxygen atoms in total. The molecule has 10 heteroatoms. The second-order valence-corrected chi connectivity index (χ2v) is 7.49. The number of amides is 1. The number of hydrogen-bond acceptors (Lipinski definition) is 8. The van der Waals surface area contributed by atoms with E-state index in [1.54, 1.807) is 6.92 Å². The van der Waals surface area contributed by atoms with Gasteiger partial charge in [-0.05, 0) is 43.5 Å². The Bertz CT molecular complexity index is 1060. The first-order valence-electron chi connectivity index (χ1n) is 9.02. The van der Waals surface area contributed by atoms with Crippen molar-refractivity contribution in [2.24, 2.45) is 0 Å². The van der Waals surface area contributed by atoms with Crippen LogP contribution in [0.15, 0.2) is 46.0 Å². The van der Waals surface area contributed by atoms with Crippen LogP contribution in [0.25, 0.3) is 0 Å². The van der Waals surface area contributed by atoms with Gasteiger partial charge in [-0.2, -0.15) is 0 Å². The van der Waals surface area contributed by atoms with E-state index in [-0.39, 0.29) is 29.2 Å². The molecule has 0 bridgehead atoms. The van der Waals surface area contributed by atoms with E-state index in [0.29, 0.717) is 17.1 Å². The second-order valence-electron chi connectivity index (χ2n) is 6.56. The predicted octanol–water partition coefficient (Wildman–Crippen LogP) is 4.21. The van der Waals surface area contributed by atoms with Crippen LogP contribution in [0.2, 0.25) is 0 Å². The maximum Gasteiger partial charge on any atom is 0.277 e. The molecular weight excluding hydrogens is 408 g/mol. The van der Waals surface area contributed by atoms with Crippen molar-refractivity contribution < 1.29 is 18.9 Å². The summed E-state index contributed by atoms with van der Waals surface area (Å²) < 4.78 is 11.3. The summed E-state index contributed by atoms with van der Waals surface area (Å²) in [5.74, 6) is 0.855. The smallest absolute Gasteiger partial charge is 0.277 e. The van der Waals surface area contributed by atoms with Crippen molar-refractivity contribution in [3.63, 3.8) is 0 Å². The molecule has 0 aliphatic heterocycles. The van der Waals surface area contributed by atoms with Gasteiger partial charge >= 0.3 is 0 Å². The lowest BCUT2D eigenvalue weighted by Gasteiger charge is -2.09. The minimum absolute atomic E-state index is 0.0265. The van der Waals surface area contributed by atoms with Gasteiger partial charge in [-0.3, -0.25) is 14.9 Å². The van der Waals surface area contributed by atoms with Crippen LogP contribution in [-0.4, -0.2) is 26.8 Å². The molecule has 0 fully saturated rings. The Balaban J connectivity index is 1.51. The van der Waals surface area contributed by atoms with Gasteiger partial charge in [-0.15, -0.1) is 10.2 Å². The topological polar surface area (TPSA) is 120 Å². The van der Waals surface area contributed by atoms with Gasteiger partial charge in [0.2, 0.25) is 5.91 Å². The zero-order valence-corrected chi connectivity index (χ0v) is 17.5. The minimum Gasteiger partial charge on any atom is -0.483 e. The highest BCUT2D eigenvalue weighted by Crippen LogP contribution is 2.25. The number of hydrogen-bond donors (Lipinski definition) is 1. The number of para-hydroxylation sites is 1. The summed E-state index contributed by atoms with van der Waals surface area (Å²) in [6.07, 6.45) is 0. The fourth-order valence-electron chi connectivity index (χ4n) is 2.73. The molecule has 0 spiro atoms. The van der Waals surface area contributed by atoms with Gasteiger partial charge in [0.25, 0.3) is 16.8 Å². The van der Waals surface area contributed by atoms with Crippen LogP contribution in [-0.2, 0) is 11.4 Å². The zero-order chi connectivity index (χ0) is 21.7. The molecule has 2 aromatic carbocycles. The number of anilines is 1. The maximum atomic E-state index is 12.2. The molecule has 0 aliphatic carbocycles. The predicted molar refractivity (Wildman–Crippen MR) is 112 cm³/mol. The average molecular weight is 428 g/mol. The van der Waals surface area contributed by atoms with Gasteiger partial charge in [0, 0.05) is 17.8 Å². The number of nitrogens with zero attached hydrogens (tertiary/aromatic N) is 3. The van der Waals surface area contributed by atoms with Crippen LogP contribution in [0, 0.1) is 30.9 Å². The van der Waals surface area contributed by atoms with E-state index in [1.807, 2.05) is 32.0 Å². The number of aromatic nitrogens is 2. The third kappa shape index (κ3) is 5.35. The SMILES string of the molecule is Cc1cc([N+](=O)[O-])ccc1NC(=O)CSc1nnc(COc2c(C)cccc2C)o1. The Labute approximate surface area is 177 Å². The van der Waals surface area contributed by atoms with Gasteiger partial charge in [0.1, 0.15) is 5.75 Å². The number of non-ortho nitro benzene ring substituents is 1. The summed E-state index contributed by atoms with van der Waals surface area (Å²) in [5, 5.41) is 21.6. The zero-order valence-electron chi connectivity index (χ0n) is 16.7. The number of carbonyl (C=O) groups excluding carboxylic acids is 1. The number of carbonyl (C=O) groups is 1. The van der Waals surface area contributed by atoms with Crippen LogP contribution in [0.5, 0.6) is 5.75 Å². The van der Waals surface area contributed by atoms with Crippen molar-refractivity contribution >= 4 is 29.0 Å². The number of nitro benzene ring substituents is 1. The first-order valence-corrected chi connectivity index (χ1v) is 10.0. The van der Waals surface area contributed by atoms with Crippen molar-refractivity contribution in [3.8, 4) is 5.75 Å². The first-order chi connectivity index (χ1) is 14.3. The van der Waals surface area contributed by atoms with Gasteiger partial charge in [0.05, 0.1) is 10.7 Å². The molecule has 1 aromatic heterocycles. The Morgan fingerprint density at radius 1 is 1.17 bits per heavy atom. The number of rotatable bonds is 8. The molecule has 1 amide bonds. The fraction of sp³-hybridized carbons (Fsp3) is 0.250. The molecule has 0 saturated carbocycles. The standard InChI is InChI=1S/C20H20N4O5S/c1-12-5-4-6-13(2)19(12)28-10-18-22-23-20(29-18)30-11-17(25)21-16-8-7-15(24(26)27)9-14(16)3/h4-9H,10-11H2,1-3H3,(H,21,25). The van der Waals surface area contributed by atoms with Crippen molar-refractivity contribution in [1.82, 2.24) is 10.2 Å². The maximum absolute atomic E-state index is 12.2. The van der Waals surface area contributed by atoms with Crippen LogP contribution < -0.4 is 10.1 Å². The molecule has 0 unspecified atom stereocenters. The molecule has 0 atom stereocenters. The van der Waals surface area contributed by atoms with E-state index in [0.717, 1.165) is 28.6 Å². The quantitative estimate of drug-likeness (QED) is 0.322. The average Bonchev–Trinajstić information content (AvgIpc) is 3.15. The summed E-state index contributed by atoms with van der Waals surface area (Å²) in [4.78, 5) is 22.5. The minimum atomic E-state index is -0.480. The molecule has 0 saturated heterocycles. The van der Waals surface area contributed by atoms with E-state index in [1.165, 1.54) is 18.2 Å². The molecule has 3 rings (SSSR count). The highest BCUT2D eigenvalue weighted by atomic mass is 32.2. The molecule has 156 valence electrons. The lowest BCUT2D eigenvalue weighted by Crippen LogP contribution is -2.14. The number of aryl methyl sites for hydroxylation is 3. The summed E-state index contributed by atoms with van der Waals surface area (Å²) in [6.45, 7) is 5.75. The Kier molecular flexibility index (Phi) is 6.68. The van der Waals surface area contributed by atoms with Gasteiger partial charge < -0.3 is 14.5 Å². The highest BCUT2D eigenvalue weighted by molar-refractivity contribution is 7.99. The number of nitrogens with one attached hydrogen (secondary N) is 1. The highest BCUT2D eigenvalue weighted by Gasteiger charge is 2.13. The number of nitro groups is 1. The summed E-state index contributed by atoms with van der Waals surface area (Å²) >= 11 is 1.09. The number of thioether (sulfide) groups is 1. The van der Waals surface area contributed by atoms with Crippen LogP contribution >= 0.6 is 11.8 Å². The van der Waals surface area contributed by atoms with Crippen LogP contribution in [0.3, 0.4) is 0 Å². The molecule has 1 N–H and O–H groups in total. The van der Waals surface area contributed by atoms with Gasteiger partial charge in [-0.25, -0.2) is 0 Å². The third-order valence-electron chi connectivity index (χ3n) is 4.22. The van der Waals surface area contributed by atoms with Gasteiger partial charge in [-0.1, -0.05) is 30.0 Å². The molecule has 0 radical (unpaired) electrons. The van der Waals surface area contributed by atoms with Crippen molar-refractivity contribution in [2.45, 2.75) is 32.6 Å². The Morgan fingerprint density at radius 3 is 2.57 bits per heavy atom. The van der Waals surface area contributed by atoms with Crippen LogP contribution in [0.1, 0.15) is 22.6 Å². The monoisotopic (exact) mass is 428 g/mol. The van der Waals surface area contributed by atoms with Crippen molar-refractivity contribution in [1.29, 1.82) is 0 Å². The second kappa shape index (κ2) is 9.40. The van der Waals surface area contributed by atoms with Crippen molar-refractivity contribution in [2.75, 3.05) is 11.1 Å². The van der Waals surface area contributed by atoms with E-state index in [2.05, 4.69) is 15.5 Å². The van der Waals surface area contributed by atoms with E-state index < -0.39 is 4.92 Å². The molecule has 1 heterocycles. The normalized spacial score (nSPS) is 10.6. The number of ether oxygens (including phenoxy) is 1. The van der Waals surface area contributed by atoms with Gasteiger partial charge in [0.15, 0.2) is 6.61 Å². The lowest BCUT2D eigenvalue weighted by atomic mass is 10.1. The molecular formula is C20H20N4O5S. The molecule has 30 heavy (non-hydrogen) atoms. The van der Waals surface area contributed by atoms with E-state index in [9.17, 15) is 14.9 Å². The summed E-state index contributed by atoms with van der Waals surface area (Å²) in [5.41, 5.74) is 3.12. The largest absolute Gasteiger partial charge is 0.483 e. The summed E-state index contributed by atoms with van der Waals surface area (Å²) in [7, 11) is 0. The Morgan fingerprint density at radius 2 is 1.90 bits per heavy atom. The summed E-state index contributed by atoms with van der Waals surface area (Å²) in [6, 6.07) is 10.1. The molecule has 3 aromatic rings. The van der Waals surface area contributed by atoms with Crippen molar-refractivity contribution in [3.05, 3.63) is 69.1 Å². The fourth-order valence-corrected chi connectivity index (χ4v) is 3.31.